The van der Waals surface area contributed by atoms with Crippen LogP contribution < -0.4 is 15.5 Å². The van der Waals surface area contributed by atoms with Gasteiger partial charge in [0, 0.05) is 50.4 Å². The Labute approximate surface area is 226 Å². The van der Waals surface area contributed by atoms with E-state index in [1.807, 2.05) is 42.1 Å². The fourth-order valence-electron chi connectivity index (χ4n) is 4.37. The van der Waals surface area contributed by atoms with Crippen molar-refractivity contribution in [2.75, 3.05) is 49.8 Å². The number of likely N-dealkylation sites (N-methyl/N-ethyl adjacent to an activating group) is 2. The zero-order valence-corrected chi connectivity index (χ0v) is 22.6. The van der Waals surface area contributed by atoms with Gasteiger partial charge in [-0.05, 0) is 49.5 Å². The molecule has 204 valence electrons. The quantitative estimate of drug-likeness (QED) is 0.357. The number of Topliss-reactive ketones (excluding diaryl/α,β-unsaturated/α-hetero) is 1. The van der Waals surface area contributed by atoms with E-state index in [9.17, 15) is 18.4 Å². The molecular weight excluding hydrogens is 502 g/mol. The van der Waals surface area contributed by atoms with Crippen LogP contribution in [0.3, 0.4) is 0 Å². The Balaban J connectivity index is 1.63. The molecule has 0 saturated carbocycles. The number of alkyl halides is 2. The molecular formula is C29H32F2N6O2. The number of rotatable bonds is 10. The van der Waals surface area contributed by atoms with Gasteiger partial charge in [0.15, 0.2) is 0 Å². The van der Waals surface area contributed by atoms with E-state index in [0.717, 1.165) is 16.8 Å². The molecule has 8 nitrogen and oxygen atoms in total. The van der Waals surface area contributed by atoms with Gasteiger partial charge < -0.3 is 20.4 Å². The number of nitrogens with one attached hydrogen (secondary N) is 2. The van der Waals surface area contributed by atoms with E-state index in [2.05, 4.69) is 45.7 Å². The van der Waals surface area contributed by atoms with Crippen molar-refractivity contribution in [3.63, 3.8) is 0 Å². The fourth-order valence-corrected chi connectivity index (χ4v) is 4.37. The van der Waals surface area contributed by atoms with E-state index in [0.29, 0.717) is 37.3 Å². The molecule has 4 rings (SSSR count). The summed E-state index contributed by atoms with van der Waals surface area (Å²) in [7, 11) is 5.64. The number of hydrogen-bond acceptors (Lipinski definition) is 7. The van der Waals surface area contributed by atoms with Crippen LogP contribution in [0.1, 0.15) is 36.6 Å². The standard InChI is InChI=1S/C29H32F2N6O2/c1-18-16-23(22-9-7-6-8-21(18)22)24-12-13-32-28(35-24)33-20-10-11-26(37(5)15-14-36(3)4)25(17-20)34-27(39)29(30,31)19(2)38/h6-13,16-18H,14-15H2,1-5H3,(H,34,39)(H,32,33,35). The maximum absolute atomic E-state index is 14.2. The Morgan fingerprint density at radius 2 is 1.79 bits per heavy atom. The smallest absolute Gasteiger partial charge is 0.372 e. The normalized spacial score (nSPS) is 14.6. The number of hydrogen-bond donors (Lipinski definition) is 2. The maximum atomic E-state index is 14.2. The Hall–Kier alpha value is -4.18. The number of halogens is 2. The van der Waals surface area contributed by atoms with E-state index in [1.165, 1.54) is 11.6 Å². The third-order valence-corrected chi connectivity index (χ3v) is 6.61. The highest BCUT2D eigenvalue weighted by atomic mass is 19.3. The topological polar surface area (TPSA) is 90.5 Å². The number of fused-ring (bicyclic) bond motifs is 1. The van der Waals surface area contributed by atoms with E-state index in [-0.39, 0.29) is 11.6 Å². The molecule has 0 bridgehead atoms. The van der Waals surface area contributed by atoms with Gasteiger partial charge in [-0.3, -0.25) is 9.59 Å². The summed E-state index contributed by atoms with van der Waals surface area (Å²) < 4.78 is 28.3. The van der Waals surface area contributed by atoms with Crippen LogP contribution in [0, 0.1) is 0 Å². The van der Waals surface area contributed by atoms with Crippen molar-refractivity contribution in [3.8, 4) is 0 Å². The van der Waals surface area contributed by atoms with E-state index in [1.54, 1.807) is 25.4 Å². The minimum absolute atomic E-state index is 0.129. The zero-order chi connectivity index (χ0) is 28.3. The first-order valence-electron chi connectivity index (χ1n) is 12.6. The third-order valence-electron chi connectivity index (χ3n) is 6.61. The first kappa shape index (κ1) is 27.8. The number of aromatic nitrogens is 2. The van der Waals surface area contributed by atoms with Crippen molar-refractivity contribution in [3.05, 3.63) is 77.6 Å². The molecule has 2 N–H and O–H groups in total. The summed E-state index contributed by atoms with van der Waals surface area (Å²) in [6.07, 6.45) is 3.81. The number of amides is 1. The van der Waals surface area contributed by atoms with Gasteiger partial charge in [-0.2, -0.15) is 8.78 Å². The summed E-state index contributed by atoms with van der Waals surface area (Å²) in [6, 6.07) is 15.0. The van der Waals surface area contributed by atoms with Crippen LogP contribution in [0.5, 0.6) is 0 Å². The molecule has 1 atom stereocenters. The van der Waals surface area contributed by atoms with Crippen molar-refractivity contribution in [1.82, 2.24) is 14.9 Å². The summed E-state index contributed by atoms with van der Waals surface area (Å²) in [5.74, 6) is -6.79. The Morgan fingerprint density at radius 1 is 1.05 bits per heavy atom. The van der Waals surface area contributed by atoms with E-state index < -0.39 is 17.6 Å². The lowest BCUT2D eigenvalue weighted by molar-refractivity contribution is -0.153. The minimum atomic E-state index is -4.15. The molecule has 0 radical (unpaired) electrons. The lowest BCUT2D eigenvalue weighted by atomic mass is 10.0. The van der Waals surface area contributed by atoms with Crippen LogP contribution in [0.25, 0.3) is 5.57 Å². The lowest BCUT2D eigenvalue weighted by Gasteiger charge is -2.25. The average Bonchev–Trinajstić information content (AvgIpc) is 3.24. The summed E-state index contributed by atoms with van der Waals surface area (Å²) in [5, 5.41) is 5.36. The summed E-state index contributed by atoms with van der Waals surface area (Å²) in [6.45, 7) is 4.09. The SMILES string of the molecule is CC(=O)C(F)(F)C(=O)Nc1cc(Nc2nccc(C3=CC(C)c4ccccc43)n2)ccc1N(C)CCN(C)C. The number of anilines is 4. The third kappa shape index (κ3) is 6.12. The van der Waals surface area contributed by atoms with E-state index >= 15 is 0 Å². The van der Waals surface area contributed by atoms with Gasteiger partial charge in [0.25, 0.3) is 0 Å². The predicted octanol–water partition coefficient (Wildman–Crippen LogP) is 4.93. The molecule has 3 aromatic rings. The highest BCUT2D eigenvalue weighted by Crippen LogP contribution is 2.38. The van der Waals surface area contributed by atoms with Crippen molar-refractivity contribution < 1.29 is 18.4 Å². The van der Waals surface area contributed by atoms with Crippen molar-refractivity contribution in [2.45, 2.75) is 25.7 Å². The fraction of sp³-hybridized carbons (Fsp3) is 0.310. The molecule has 2 aromatic carbocycles. The molecule has 1 heterocycles. The largest absolute Gasteiger partial charge is 0.381 e. The van der Waals surface area contributed by atoms with Crippen LogP contribution in [0.2, 0.25) is 0 Å². The first-order chi connectivity index (χ1) is 18.5. The molecule has 1 aliphatic carbocycles. The maximum Gasteiger partial charge on any atom is 0.381 e. The van der Waals surface area contributed by atoms with Crippen LogP contribution in [0.4, 0.5) is 31.8 Å². The second-order valence-corrected chi connectivity index (χ2v) is 9.89. The number of nitrogens with zero attached hydrogens (tertiary/aromatic N) is 4. The van der Waals surface area contributed by atoms with E-state index in [4.69, 9.17) is 0 Å². The van der Waals surface area contributed by atoms with Gasteiger partial charge in [-0.25, -0.2) is 9.97 Å². The molecule has 39 heavy (non-hydrogen) atoms. The van der Waals surface area contributed by atoms with Crippen molar-refractivity contribution in [2.24, 2.45) is 0 Å². The highest BCUT2D eigenvalue weighted by Gasteiger charge is 2.44. The highest BCUT2D eigenvalue weighted by molar-refractivity contribution is 6.13. The number of ketones is 1. The second-order valence-electron chi connectivity index (χ2n) is 9.89. The Morgan fingerprint density at radius 3 is 2.51 bits per heavy atom. The molecule has 1 aromatic heterocycles. The summed E-state index contributed by atoms with van der Waals surface area (Å²) in [4.78, 5) is 36.6. The Bertz CT molecular complexity index is 1420. The second kappa shape index (κ2) is 11.3. The minimum Gasteiger partial charge on any atom is -0.372 e. The molecule has 1 aliphatic rings. The molecule has 1 amide bonds. The van der Waals surface area contributed by atoms with Gasteiger partial charge in [0.2, 0.25) is 11.7 Å². The van der Waals surface area contributed by atoms with Gasteiger partial charge >= 0.3 is 11.8 Å². The van der Waals surface area contributed by atoms with Crippen molar-refractivity contribution >= 4 is 40.3 Å². The van der Waals surface area contributed by atoms with Crippen LogP contribution in [-0.4, -0.2) is 66.7 Å². The monoisotopic (exact) mass is 534 g/mol. The molecule has 0 saturated heterocycles. The van der Waals surface area contributed by atoms with Gasteiger partial charge in [0.05, 0.1) is 17.1 Å². The number of carbonyl (C=O) groups is 2. The Kier molecular flexibility index (Phi) is 8.06. The molecule has 10 heteroatoms. The number of allylic oxidation sites excluding steroid dienone is 1. The van der Waals surface area contributed by atoms with Crippen LogP contribution in [0.15, 0.2) is 60.8 Å². The zero-order valence-electron chi connectivity index (χ0n) is 22.6. The summed E-state index contributed by atoms with van der Waals surface area (Å²) in [5.41, 5.74) is 5.25. The van der Waals surface area contributed by atoms with Crippen LogP contribution >= 0.6 is 0 Å². The number of carbonyl (C=O) groups excluding carboxylic acids is 2. The average molecular weight is 535 g/mol. The predicted molar refractivity (Wildman–Crippen MR) is 150 cm³/mol. The first-order valence-corrected chi connectivity index (χ1v) is 12.6. The van der Waals surface area contributed by atoms with Gasteiger partial charge in [-0.1, -0.05) is 37.3 Å². The summed E-state index contributed by atoms with van der Waals surface area (Å²) >= 11 is 0. The van der Waals surface area contributed by atoms with Gasteiger partial charge in [0.1, 0.15) is 0 Å². The van der Waals surface area contributed by atoms with Gasteiger partial charge in [-0.15, -0.1) is 0 Å². The molecule has 0 fully saturated rings. The molecule has 1 unspecified atom stereocenters. The van der Waals surface area contributed by atoms with Crippen molar-refractivity contribution in [1.29, 1.82) is 0 Å². The van der Waals surface area contributed by atoms with Crippen LogP contribution in [-0.2, 0) is 9.59 Å². The molecule has 0 spiro atoms. The number of benzene rings is 2. The lowest BCUT2D eigenvalue weighted by Crippen LogP contribution is -2.41. The molecule has 0 aliphatic heterocycles.